The molecule has 4 rings (SSSR count). The van der Waals surface area contributed by atoms with Crippen LogP contribution in [0, 0.1) is 0 Å². The highest BCUT2D eigenvalue weighted by molar-refractivity contribution is 6.34. The van der Waals surface area contributed by atoms with E-state index >= 15 is 0 Å². The molecule has 0 unspecified atom stereocenters. The predicted octanol–water partition coefficient (Wildman–Crippen LogP) is 5.81. The smallest absolute Gasteiger partial charge is 0.138 e. The summed E-state index contributed by atoms with van der Waals surface area (Å²) in [6.45, 7) is 5.08. The Morgan fingerprint density at radius 1 is 1.07 bits per heavy atom. The van der Waals surface area contributed by atoms with Crippen molar-refractivity contribution in [2.24, 2.45) is 0 Å². The van der Waals surface area contributed by atoms with Crippen molar-refractivity contribution in [2.45, 2.75) is 6.54 Å². The normalized spacial score (nSPS) is 10.9. The van der Waals surface area contributed by atoms with E-state index < -0.39 is 0 Å². The number of hydrogen-bond donors (Lipinski definition) is 0. The van der Waals surface area contributed by atoms with Crippen molar-refractivity contribution in [3.8, 4) is 5.75 Å². The molecule has 3 nitrogen and oxygen atoms in total. The molecule has 0 amide bonds. The van der Waals surface area contributed by atoms with Crippen LogP contribution in [0.1, 0.15) is 16.8 Å². The second-order valence-corrected chi connectivity index (χ2v) is 6.70. The lowest BCUT2D eigenvalue weighted by molar-refractivity contribution is 0.415. The van der Waals surface area contributed by atoms with Gasteiger partial charge < -0.3 is 9.30 Å². The topological polar surface area (TPSA) is 27.1 Å². The first-order valence-corrected chi connectivity index (χ1v) is 9.06. The van der Waals surface area contributed by atoms with Crippen LogP contribution in [0.4, 0.5) is 0 Å². The molecule has 0 saturated heterocycles. The fourth-order valence-corrected chi connectivity index (χ4v) is 3.49. The van der Waals surface area contributed by atoms with Crippen molar-refractivity contribution < 1.29 is 4.74 Å². The van der Waals surface area contributed by atoms with Crippen LogP contribution in [0.2, 0.25) is 5.15 Å². The zero-order valence-corrected chi connectivity index (χ0v) is 15.8. The molecule has 0 aliphatic carbocycles. The summed E-state index contributed by atoms with van der Waals surface area (Å²) in [6, 6.07) is 22.4. The summed E-state index contributed by atoms with van der Waals surface area (Å²) in [5.41, 5.74) is 5.25. The average Bonchev–Trinajstić information content (AvgIpc) is 3.08. The van der Waals surface area contributed by atoms with Gasteiger partial charge in [-0.2, -0.15) is 0 Å². The lowest BCUT2D eigenvalue weighted by atomic mass is 10.0. The van der Waals surface area contributed by atoms with Gasteiger partial charge in [0.2, 0.25) is 0 Å². The number of aromatic nitrogens is 2. The van der Waals surface area contributed by atoms with Crippen LogP contribution in [0.5, 0.6) is 5.75 Å². The maximum absolute atomic E-state index is 6.36. The van der Waals surface area contributed by atoms with Crippen molar-refractivity contribution in [3.05, 3.63) is 101 Å². The fourth-order valence-electron chi connectivity index (χ4n) is 3.28. The number of nitrogens with zero attached hydrogens (tertiary/aromatic N) is 2. The van der Waals surface area contributed by atoms with Crippen molar-refractivity contribution in [1.29, 1.82) is 0 Å². The second kappa shape index (κ2) is 7.29. The van der Waals surface area contributed by atoms with E-state index in [1.54, 1.807) is 13.3 Å². The van der Waals surface area contributed by atoms with Gasteiger partial charge in [0.05, 0.1) is 12.6 Å². The van der Waals surface area contributed by atoms with E-state index in [0.717, 1.165) is 40.0 Å². The third-order valence-electron chi connectivity index (χ3n) is 4.71. The predicted molar refractivity (Wildman–Crippen MR) is 111 cm³/mol. The zero-order chi connectivity index (χ0) is 18.8. The van der Waals surface area contributed by atoms with E-state index in [1.807, 2.05) is 48.5 Å². The molecule has 4 aromatic rings. The Morgan fingerprint density at radius 3 is 2.52 bits per heavy atom. The molecule has 0 atom stereocenters. The van der Waals surface area contributed by atoms with E-state index in [0.29, 0.717) is 5.15 Å². The molecule has 4 heteroatoms. The Kier molecular flexibility index (Phi) is 4.69. The van der Waals surface area contributed by atoms with E-state index in [9.17, 15) is 0 Å². The van der Waals surface area contributed by atoms with Crippen molar-refractivity contribution in [2.75, 3.05) is 7.11 Å². The molecule has 0 aliphatic rings. The van der Waals surface area contributed by atoms with Gasteiger partial charge in [-0.3, -0.25) is 0 Å². The minimum atomic E-state index is 0.503. The first-order chi connectivity index (χ1) is 13.2. The van der Waals surface area contributed by atoms with E-state index in [-0.39, 0.29) is 0 Å². The molecule has 0 N–H and O–H groups in total. The number of benzene rings is 2. The monoisotopic (exact) mass is 374 g/mol. The number of methoxy groups -OCH3 is 1. The molecule has 0 fully saturated rings. The van der Waals surface area contributed by atoms with E-state index in [4.69, 9.17) is 16.3 Å². The molecule has 0 aliphatic heterocycles. The maximum Gasteiger partial charge on any atom is 0.138 e. The highest BCUT2D eigenvalue weighted by Gasteiger charge is 2.15. The van der Waals surface area contributed by atoms with E-state index in [2.05, 4.69) is 34.3 Å². The highest BCUT2D eigenvalue weighted by atomic mass is 35.5. The molecular formula is C23H19ClN2O. The van der Waals surface area contributed by atoms with Crippen LogP contribution in [-0.2, 0) is 6.54 Å². The van der Waals surface area contributed by atoms with Crippen LogP contribution < -0.4 is 4.74 Å². The van der Waals surface area contributed by atoms with Gasteiger partial charge in [0.1, 0.15) is 10.9 Å². The molecule has 0 spiro atoms. The van der Waals surface area contributed by atoms with Gasteiger partial charge in [-0.15, -0.1) is 0 Å². The summed E-state index contributed by atoms with van der Waals surface area (Å²) in [7, 11) is 1.66. The zero-order valence-electron chi connectivity index (χ0n) is 15.0. The number of pyridine rings is 1. The summed E-state index contributed by atoms with van der Waals surface area (Å²) < 4.78 is 7.50. The third kappa shape index (κ3) is 3.34. The molecule has 0 bridgehead atoms. The van der Waals surface area contributed by atoms with E-state index in [1.165, 1.54) is 5.56 Å². The van der Waals surface area contributed by atoms with Gasteiger partial charge in [-0.25, -0.2) is 4.98 Å². The van der Waals surface area contributed by atoms with Crippen LogP contribution in [-0.4, -0.2) is 16.7 Å². The van der Waals surface area contributed by atoms with Crippen LogP contribution in [0.15, 0.2) is 79.5 Å². The number of hydrogen-bond acceptors (Lipinski definition) is 2. The molecule has 2 heterocycles. The second-order valence-electron chi connectivity index (χ2n) is 6.34. The van der Waals surface area contributed by atoms with Gasteiger partial charge in [-0.1, -0.05) is 60.6 Å². The molecule has 2 aromatic carbocycles. The number of halogens is 1. The number of rotatable bonds is 5. The van der Waals surface area contributed by atoms with Crippen LogP contribution >= 0.6 is 11.6 Å². The minimum absolute atomic E-state index is 0.503. The first-order valence-electron chi connectivity index (χ1n) is 8.69. The maximum atomic E-state index is 6.36. The molecule has 0 saturated carbocycles. The molecular weight excluding hydrogens is 356 g/mol. The minimum Gasteiger partial charge on any atom is -0.497 e. The van der Waals surface area contributed by atoms with Gasteiger partial charge in [0, 0.05) is 23.8 Å². The van der Waals surface area contributed by atoms with Gasteiger partial charge in [0.15, 0.2) is 0 Å². The fraction of sp³-hybridized carbons (Fsp3) is 0.0870. The summed E-state index contributed by atoms with van der Waals surface area (Å²) in [6.07, 6.45) is 1.74. The largest absolute Gasteiger partial charge is 0.497 e. The number of ether oxygens (including phenoxy) is 1. The summed E-state index contributed by atoms with van der Waals surface area (Å²) >= 11 is 6.36. The average molecular weight is 375 g/mol. The Labute approximate surface area is 163 Å². The summed E-state index contributed by atoms with van der Waals surface area (Å²) in [5, 5.41) is 1.43. The lowest BCUT2D eigenvalue weighted by Gasteiger charge is -2.14. The van der Waals surface area contributed by atoms with Crippen molar-refractivity contribution in [1.82, 2.24) is 9.55 Å². The molecule has 134 valence electrons. The van der Waals surface area contributed by atoms with Gasteiger partial charge >= 0.3 is 0 Å². The Morgan fingerprint density at radius 2 is 1.81 bits per heavy atom. The quantitative estimate of drug-likeness (QED) is 0.412. The Balaban J connectivity index is 1.84. The summed E-state index contributed by atoms with van der Waals surface area (Å²) in [4.78, 5) is 4.23. The molecule has 27 heavy (non-hydrogen) atoms. The van der Waals surface area contributed by atoms with Crippen molar-refractivity contribution in [3.63, 3.8) is 0 Å². The van der Waals surface area contributed by atoms with Gasteiger partial charge in [0.25, 0.3) is 0 Å². The third-order valence-corrected chi connectivity index (χ3v) is 5.01. The Hall–Kier alpha value is -3.04. The lowest BCUT2D eigenvalue weighted by Crippen LogP contribution is -2.04. The van der Waals surface area contributed by atoms with Crippen LogP contribution in [0.25, 0.3) is 16.5 Å². The van der Waals surface area contributed by atoms with Crippen molar-refractivity contribution >= 4 is 28.1 Å². The number of fused-ring (bicyclic) bond motifs is 1. The standard InChI is InChI=1S/C23H19ClN2O/c1-16(18-8-10-19(27-2)11-9-18)22-14-20-21(12-13-25-23(20)24)26(22)15-17-6-4-3-5-7-17/h3-14H,1,15H2,2H3. The van der Waals surface area contributed by atoms with Crippen LogP contribution in [0.3, 0.4) is 0 Å². The molecule has 0 radical (unpaired) electrons. The van der Waals surface area contributed by atoms with Gasteiger partial charge in [-0.05, 0) is 41.0 Å². The Bertz CT molecular complexity index is 1100. The summed E-state index contributed by atoms with van der Waals surface area (Å²) in [5.74, 6) is 0.823. The molecule has 2 aromatic heterocycles. The first kappa shape index (κ1) is 17.4. The highest BCUT2D eigenvalue weighted by Crippen LogP contribution is 2.32. The SMILES string of the molecule is C=C(c1ccc(OC)cc1)c1cc2c(Cl)nccc2n1Cc1ccccc1.